The van der Waals surface area contributed by atoms with Crippen LogP contribution in [-0.4, -0.2) is 77.9 Å². The Bertz CT molecular complexity index is 461. The van der Waals surface area contributed by atoms with E-state index in [4.69, 9.17) is 9.84 Å². The number of rotatable bonds is 3. The number of hydrogen-bond acceptors (Lipinski definition) is 4. The number of aliphatic carboxylic acids is 1. The van der Waals surface area contributed by atoms with Crippen LogP contribution in [0.1, 0.15) is 13.8 Å². The van der Waals surface area contributed by atoms with E-state index in [1.807, 2.05) is 13.8 Å². The van der Waals surface area contributed by atoms with Crippen LogP contribution in [0.25, 0.3) is 0 Å². The minimum Gasteiger partial charge on any atom is -0.481 e. The highest BCUT2D eigenvalue weighted by atomic mass is 19.4. The van der Waals surface area contributed by atoms with Gasteiger partial charge in [0, 0.05) is 26.2 Å². The van der Waals surface area contributed by atoms with E-state index in [2.05, 4.69) is 0 Å². The summed E-state index contributed by atoms with van der Waals surface area (Å²) in [5, 5.41) is 8.98. The van der Waals surface area contributed by atoms with Crippen molar-refractivity contribution in [1.29, 1.82) is 0 Å². The van der Waals surface area contributed by atoms with E-state index in [1.54, 1.807) is 4.90 Å². The number of amides is 1. The molecule has 4 atom stereocenters. The molecule has 23 heavy (non-hydrogen) atoms. The maximum absolute atomic E-state index is 12.9. The topological polar surface area (TPSA) is 70.1 Å². The third kappa shape index (κ3) is 4.35. The Morgan fingerprint density at radius 3 is 2.13 bits per heavy atom. The summed E-state index contributed by atoms with van der Waals surface area (Å²) in [7, 11) is 0. The zero-order chi connectivity index (χ0) is 17.4. The Hall–Kier alpha value is -1.35. The van der Waals surface area contributed by atoms with Crippen LogP contribution in [0.3, 0.4) is 0 Å². The summed E-state index contributed by atoms with van der Waals surface area (Å²) in [5.41, 5.74) is 0. The van der Waals surface area contributed by atoms with E-state index in [1.165, 1.54) is 4.90 Å². The van der Waals surface area contributed by atoms with Crippen molar-refractivity contribution in [3.63, 3.8) is 0 Å². The highest BCUT2D eigenvalue weighted by Gasteiger charge is 2.52. The standard InChI is InChI=1S/C14H21F3N2O4/c1-8-3-19(4-9(2)23-8)12(20)7-18-5-10(13(21)22)11(6-18)14(15,16)17/h8-11H,3-7H2,1-2H3,(H,21,22)/t8?,9?,10-,11-/m1/s1. The first-order valence-electron chi connectivity index (χ1n) is 7.53. The highest BCUT2D eigenvalue weighted by molar-refractivity contribution is 5.79. The first kappa shape index (κ1) is 18.0. The first-order chi connectivity index (χ1) is 10.6. The molecule has 1 amide bonds. The fraction of sp³-hybridized carbons (Fsp3) is 0.857. The fourth-order valence-electron chi connectivity index (χ4n) is 3.27. The Morgan fingerprint density at radius 2 is 1.70 bits per heavy atom. The zero-order valence-corrected chi connectivity index (χ0v) is 13.0. The van der Waals surface area contributed by atoms with Gasteiger partial charge < -0.3 is 14.7 Å². The van der Waals surface area contributed by atoms with Crippen LogP contribution in [-0.2, 0) is 14.3 Å². The molecule has 0 bridgehead atoms. The van der Waals surface area contributed by atoms with Gasteiger partial charge >= 0.3 is 12.1 Å². The largest absolute Gasteiger partial charge is 0.481 e. The normalized spacial score (nSPS) is 33.0. The van der Waals surface area contributed by atoms with E-state index in [0.29, 0.717) is 13.1 Å². The number of carboxylic acids is 1. The average Bonchev–Trinajstić information content (AvgIpc) is 2.81. The number of likely N-dealkylation sites (tertiary alicyclic amines) is 1. The minimum absolute atomic E-state index is 0.129. The molecule has 2 saturated heterocycles. The molecule has 0 spiro atoms. The molecule has 2 rings (SSSR count). The van der Waals surface area contributed by atoms with E-state index in [9.17, 15) is 22.8 Å². The van der Waals surface area contributed by atoms with Crippen molar-refractivity contribution in [2.45, 2.75) is 32.2 Å². The van der Waals surface area contributed by atoms with E-state index in [-0.39, 0.29) is 31.2 Å². The number of carbonyl (C=O) groups is 2. The zero-order valence-electron chi connectivity index (χ0n) is 13.0. The van der Waals surface area contributed by atoms with Crippen molar-refractivity contribution in [2.75, 3.05) is 32.7 Å². The van der Waals surface area contributed by atoms with Gasteiger partial charge in [0.1, 0.15) is 0 Å². The highest BCUT2D eigenvalue weighted by Crippen LogP contribution is 2.37. The molecule has 2 heterocycles. The van der Waals surface area contributed by atoms with Gasteiger partial charge in [0.2, 0.25) is 5.91 Å². The van der Waals surface area contributed by atoms with Gasteiger partial charge in [-0.3, -0.25) is 14.5 Å². The number of carboxylic acid groups (broad SMARTS) is 1. The molecule has 132 valence electrons. The van der Waals surface area contributed by atoms with Crippen molar-refractivity contribution in [1.82, 2.24) is 9.80 Å². The molecule has 9 heteroatoms. The third-order valence-corrected chi connectivity index (χ3v) is 4.26. The van der Waals surface area contributed by atoms with Gasteiger partial charge in [-0.1, -0.05) is 0 Å². The van der Waals surface area contributed by atoms with Crippen molar-refractivity contribution in [3.05, 3.63) is 0 Å². The second-order valence-electron chi connectivity index (χ2n) is 6.34. The Morgan fingerprint density at radius 1 is 1.13 bits per heavy atom. The summed E-state index contributed by atoms with van der Waals surface area (Å²) in [4.78, 5) is 26.2. The van der Waals surface area contributed by atoms with Crippen LogP contribution in [0.4, 0.5) is 13.2 Å². The van der Waals surface area contributed by atoms with Gasteiger partial charge in [-0.2, -0.15) is 13.2 Å². The van der Waals surface area contributed by atoms with Crippen molar-refractivity contribution >= 4 is 11.9 Å². The van der Waals surface area contributed by atoms with Crippen molar-refractivity contribution in [2.24, 2.45) is 11.8 Å². The second-order valence-corrected chi connectivity index (χ2v) is 6.34. The Balaban J connectivity index is 1.98. The molecule has 2 aliphatic rings. The van der Waals surface area contributed by atoms with E-state index < -0.39 is 30.5 Å². The van der Waals surface area contributed by atoms with Crippen LogP contribution in [0.2, 0.25) is 0 Å². The summed E-state index contributed by atoms with van der Waals surface area (Å²) in [6.45, 7) is 3.51. The maximum Gasteiger partial charge on any atom is 0.393 e. The van der Waals surface area contributed by atoms with Crippen LogP contribution in [0.15, 0.2) is 0 Å². The van der Waals surface area contributed by atoms with Gasteiger partial charge in [0.05, 0.1) is 30.6 Å². The second kappa shape index (κ2) is 6.64. The molecule has 0 aliphatic carbocycles. The maximum atomic E-state index is 12.9. The van der Waals surface area contributed by atoms with E-state index in [0.717, 1.165) is 0 Å². The van der Waals surface area contributed by atoms with Gasteiger partial charge in [-0.25, -0.2) is 0 Å². The lowest BCUT2D eigenvalue weighted by atomic mass is 9.96. The molecule has 0 aromatic rings. The predicted octanol–water partition coefficient (Wildman–Crippen LogP) is 0.817. The quantitative estimate of drug-likeness (QED) is 0.825. The number of alkyl halides is 3. The Labute approximate surface area is 132 Å². The summed E-state index contributed by atoms with van der Waals surface area (Å²) >= 11 is 0. The molecule has 2 unspecified atom stereocenters. The smallest absolute Gasteiger partial charge is 0.393 e. The van der Waals surface area contributed by atoms with Gasteiger partial charge in [-0.15, -0.1) is 0 Å². The summed E-state index contributed by atoms with van der Waals surface area (Å²) in [6.07, 6.45) is -4.84. The van der Waals surface area contributed by atoms with Crippen LogP contribution in [0.5, 0.6) is 0 Å². The molecule has 0 aromatic carbocycles. The van der Waals surface area contributed by atoms with Crippen LogP contribution >= 0.6 is 0 Å². The fourth-order valence-corrected chi connectivity index (χ4v) is 3.27. The average molecular weight is 338 g/mol. The molecule has 0 aromatic heterocycles. The lowest BCUT2D eigenvalue weighted by molar-refractivity contribution is -0.188. The molecule has 2 aliphatic heterocycles. The molecular weight excluding hydrogens is 317 g/mol. The Kier molecular flexibility index (Phi) is 5.20. The molecular formula is C14H21F3N2O4. The molecule has 0 saturated carbocycles. The molecule has 2 fully saturated rings. The number of ether oxygens (including phenoxy) is 1. The number of carbonyl (C=O) groups excluding carboxylic acids is 1. The SMILES string of the molecule is CC1CN(C(=O)CN2C[C@@H](C(F)(F)F)[C@H](C(=O)O)C2)CC(C)O1. The third-order valence-electron chi connectivity index (χ3n) is 4.26. The van der Waals surface area contributed by atoms with Crippen molar-refractivity contribution < 1.29 is 32.6 Å². The monoisotopic (exact) mass is 338 g/mol. The van der Waals surface area contributed by atoms with Crippen molar-refractivity contribution in [3.8, 4) is 0 Å². The summed E-state index contributed by atoms with van der Waals surface area (Å²) in [6, 6.07) is 0. The number of halogens is 3. The van der Waals surface area contributed by atoms with Gasteiger partial charge in [-0.05, 0) is 13.8 Å². The lowest BCUT2D eigenvalue weighted by Gasteiger charge is -2.36. The first-order valence-corrected chi connectivity index (χ1v) is 7.53. The number of nitrogens with zero attached hydrogens (tertiary/aromatic N) is 2. The number of morpholine rings is 1. The molecule has 0 radical (unpaired) electrons. The van der Waals surface area contributed by atoms with Gasteiger partial charge in [0.25, 0.3) is 0 Å². The predicted molar refractivity (Wildman–Crippen MR) is 73.7 cm³/mol. The summed E-state index contributed by atoms with van der Waals surface area (Å²) < 4.78 is 44.3. The minimum atomic E-state index is -4.58. The van der Waals surface area contributed by atoms with Crippen LogP contribution < -0.4 is 0 Å². The lowest BCUT2D eigenvalue weighted by Crippen LogP contribution is -2.51. The molecule has 6 nitrogen and oxygen atoms in total. The number of hydrogen-bond donors (Lipinski definition) is 1. The molecule has 1 N–H and O–H groups in total. The van der Waals surface area contributed by atoms with Crippen LogP contribution in [0, 0.1) is 11.8 Å². The van der Waals surface area contributed by atoms with Gasteiger partial charge in [0.15, 0.2) is 0 Å². The summed E-state index contributed by atoms with van der Waals surface area (Å²) in [5.74, 6) is -5.23. The van der Waals surface area contributed by atoms with E-state index >= 15 is 0 Å².